The first-order chi connectivity index (χ1) is 14.7. The number of halogens is 1. The standard InChI is InChI=1S/C22H24FN5OS/c1-2-18-5-3-4-14-27(18)20(29)15-30-22-26-25-21(16-10-12-24-13-11-16)28(22)19-8-6-17(23)7-9-19/h6-13,18H,2-5,14-15H2,1H3/t18-/m0/s1. The van der Waals surface area contributed by atoms with Crippen molar-refractivity contribution in [3.8, 4) is 17.1 Å². The van der Waals surface area contributed by atoms with Crippen molar-refractivity contribution >= 4 is 17.7 Å². The Morgan fingerprint density at radius 1 is 1.13 bits per heavy atom. The molecule has 0 radical (unpaired) electrons. The third kappa shape index (κ3) is 4.38. The average Bonchev–Trinajstić information content (AvgIpc) is 3.22. The minimum Gasteiger partial charge on any atom is -0.339 e. The minimum absolute atomic E-state index is 0.130. The molecule has 0 aliphatic carbocycles. The van der Waals surface area contributed by atoms with Gasteiger partial charge in [0.15, 0.2) is 11.0 Å². The SMILES string of the molecule is CC[C@H]1CCCCN1C(=O)CSc1nnc(-c2ccncc2)n1-c1ccc(F)cc1. The summed E-state index contributed by atoms with van der Waals surface area (Å²) in [6.07, 6.45) is 7.68. The molecule has 1 aromatic carbocycles. The Bertz CT molecular complexity index is 993. The van der Waals surface area contributed by atoms with Gasteiger partial charge in [0.25, 0.3) is 0 Å². The number of benzene rings is 1. The molecule has 0 spiro atoms. The van der Waals surface area contributed by atoms with Crippen molar-refractivity contribution in [1.29, 1.82) is 0 Å². The van der Waals surface area contributed by atoms with Crippen LogP contribution in [0.2, 0.25) is 0 Å². The van der Waals surface area contributed by atoms with E-state index in [9.17, 15) is 9.18 Å². The second kappa shape index (κ2) is 9.38. The summed E-state index contributed by atoms with van der Waals surface area (Å²) in [5.74, 6) is 0.748. The van der Waals surface area contributed by atoms with Gasteiger partial charge in [-0.05, 0) is 62.1 Å². The molecular weight excluding hydrogens is 401 g/mol. The van der Waals surface area contributed by atoms with Crippen LogP contribution in [0.25, 0.3) is 17.1 Å². The van der Waals surface area contributed by atoms with Gasteiger partial charge in [-0.3, -0.25) is 14.3 Å². The first-order valence-electron chi connectivity index (χ1n) is 10.2. The Morgan fingerprint density at radius 3 is 2.63 bits per heavy atom. The molecule has 1 aliphatic rings. The summed E-state index contributed by atoms with van der Waals surface area (Å²) >= 11 is 1.36. The van der Waals surface area contributed by atoms with Crippen LogP contribution in [0.1, 0.15) is 32.6 Å². The van der Waals surface area contributed by atoms with Gasteiger partial charge in [0.1, 0.15) is 5.82 Å². The van der Waals surface area contributed by atoms with Crippen LogP contribution in [-0.2, 0) is 4.79 Å². The van der Waals surface area contributed by atoms with Crippen LogP contribution in [0.3, 0.4) is 0 Å². The molecule has 0 N–H and O–H groups in total. The molecule has 1 amide bonds. The van der Waals surface area contributed by atoms with Crippen LogP contribution < -0.4 is 0 Å². The highest BCUT2D eigenvalue weighted by atomic mass is 32.2. The molecule has 0 saturated carbocycles. The van der Waals surface area contributed by atoms with Gasteiger partial charge in [0, 0.05) is 36.2 Å². The summed E-state index contributed by atoms with van der Waals surface area (Å²) in [5.41, 5.74) is 1.59. The number of carbonyl (C=O) groups excluding carboxylic acids is 1. The summed E-state index contributed by atoms with van der Waals surface area (Å²) in [4.78, 5) is 19.0. The first-order valence-corrected chi connectivity index (χ1v) is 11.2. The van der Waals surface area contributed by atoms with Crippen molar-refractivity contribution in [2.24, 2.45) is 0 Å². The minimum atomic E-state index is -0.308. The zero-order valence-electron chi connectivity index (χ0n) is 16.9. The maximum Gasteiger partial charge on any atom is 0.233 e. The number of carbonyl (C=O) groups is 1. The lowest BCUT2D eigenvalue weighted by Crippen LogP contribution is -2.44. The van der Waals surface area contributed by atoms with E-state index in [4.69, 9.17) is 0 Å². The number of likely N-dealkylation sites (tertiary alicyclic amines) is 1. The molecule has 4 rings (SSSR count). The van der Waals surface area contributed by atoms with E-state index in [2.05, 4.69) is 22.1 Å². The van der Waals surface area contributed by atoms with E-state index in [1.54, 1.807) is 24.5 Å². The highest BCUT2D eigenvalue weighted by Gasteiger charge is 2.26. The Balaban J connectivity index is 1.61. The molecule has 0 bridgehead atoms. The molecule has 0 unspecified atom stereocenters. The van der Waals surface area contributed by atoms with E-state index in [1.165, 1.54) is 30.3 Å². The molecular formula is C22H24FN5OS. The highest BCUT2D eigenvalue weighted by Crippen LogP contribution is 2.29. The second-order valence-corrected chi connectivity index (χ2v) is 8.23. The van der Waals surface area contributed by atoms with Gasteiger partial charge in [-0.2, -0.15) is 0 Å². The van der Waals surface area contributed by atoms with Crippen molar-refractivity contribution in [2.75, 3.05) is 12.3 Å². The summed E-state index contributed by atoms with van der Waals surface area (Å²) in [7, 11) is 0. The largest absolute Gasteiger partial charge is 0.339 e. The molecule has 30 heavy (non-hydrogen) atoms. The lowest BCUT2D eigenvalue weighted by atomic mass is 10.0. The number of pyridine rings is 1. The molecule has 3 heterocycles. The summed E-state index contributed by atoms with van der Waals surface area (Å²) in [6.45, 7) is 2.96. The number of nitrogens with zero attached hydrogens (tertiary/aromatic N) is 5. The number of rotatable bonds is 6. The monoisotopic (exact) mass is 425 g/mol. The second-order valence-electron chi connectivity index (χ2n) is 7.29. The van der Waals surface area contributed by atoms with E-state index in [0.29, 0.717) is 22.8 Å². The number of hydrogen-bond acceptors (Lipinski definition) is 5. The molecule has 6 nitrogen and oxygen atoms in total. The van der Waals surface area contributed by atoms with Crippen molar-refractivity contribution in [2.45, 2.75) is 43.8 Å². The summed E-state index contributed by atoms with van der Waals surface area (Å²) in [6, 6.07) is 10.2. The molecule has 3 aromatic rings. The van der Waals surface area contributed by atoms with Crippen LogP contribution in [0.5, 0.6) is 0 Å². The smallest absolute Gasteiger partial charge is 0.233 e. The van der Waals surface area contributed by atoms with Crippen molar-refractivity contribution < 1.29 is 9.18 Å². The van der Waals surface area contributed by atoms with Crippen LogP contribution >= 0.6 is 11.8 Å². The topological polar surface area (TPSA) is 63.9 Å². The molecule has 1 atom stereocenters. The fourth-order valence-electron chi connectivity index (χ4n) is 3.84. The first kappa shape index (κ1) is 20.5. The van der Waals surface area contributed by atoms with Crippen LogP contribution in [0.4, 0.5) is 4.39 Å². The van der Waals surface area contributed by atoms with Crippen molar-refractivity contribution in [3.63, 3.8) is 0 Å². The predicted molar refractivity (Wildman–Crippen MR) is 115 cm³/mol. The molecule has 1 saturated heterocycles. The molecule has 156 valence electrons. The van der Waals surface area contributed by atoms with E-state index in [0.717, 1.165) is 37.1 Å². The van der Waals surface area contributed by atoms with Crippen molar-refractivity contribution in [3.05, 3.63) is 54.6 Å². The van der Waals surface area contributed by atoms with E-state index >= 15 is 0 Å². The Morgan fingerprint density at radius 2 is 1.90 bits per heavy atom. The van der Waals surface area contributed by atoms with Gasteiger partial charge in [-0.1, -0.05) is 18.7 Å². The Hall–Kier alpha value is -2.74. The zero-order chi connectivity index (χ0) is 20.9. The number of amides is 1. The Kier molecular flexibility index (Phi) is 6.42. The third-order valence-corrected chi connectivity index (χ3v) is 6.31. The van der Waals surface area contributed by atoms with Crippen molar-refractivity contribution in [1.82, 2.24) is 24.6 Å². The molecule has 2 aromatic heterocycles. The van der Waals surface area contributed by atoms with Gasteiger partial charge in [-0.15, -0.1) is 10.2 Å². The normalized spacial score (nSPS) is 16.6. The quantitative estimate of drug-likeness (QED) is 0.550. The third-order valence-electron chi connectivity index (χ3n) is 5.40. The van der Waals surface area contributed by atoms with Gasteiger partial charge in [0.2, 0.25) is 5.91 Å². The van der Waals surface area contributed by atoms with E-state index < -0.39 is 0 Å². The van der Waals surface area contributed by atoms with Gasteiger partial charge >= 0.3 is 0 Å². The fraction of sp³-hybridized carbons (Fsp3) is 0.364. The molecule has 1 fully saturated rings. The average molecular weight is 426 g/mol. The van der Waals surface area contributed by atoms with Gasteiger partial charge in [0.05, 0.1) is 5.75 Å². The number of thioether (sulfide) groups is 1. The summed E-state index contributed by atoms with van der Waals surface area (Å²) < 4.78 is 15.3. The molecule has 1 aliphatic heterocycles. The fourth-order valence-corrected chi connectivity index (χ4v) is 4.67. The van der Waals surface area contributed by atoms with E-state index in [1.807, 2.05) is 21.6 Å². The maximum atomic E-state index is 13.5. The predicted octanol–water partition coefficient (Wildman–Crippen LogP) is 4.35. The highest BCUT2D eigenvalue weighted by molar-refractivity contribution is 7.99. The number of hydrogen-bond donors (Lipinski definition) is 0. The van der Waals surface area contributed by atoms with E-state index in [-0.39, 0.29) is 11.7 Å². The van der Waals surface area contributed by atoms with Crippen LogP contribution in [0, 0.1) is 5.82 Å². The lowest BCUT2D eigenvalue weighted by Gasteiger charge is -2.35. The lowest BCUT2D eigenvalue weighted by molar-refractivity contribution is -0.132. The van der Waals surface area contributed by atoms with Gasteiger partial charge in [-0.25, -0.2) is 4.39 Å². The summed E-state index contributed by atoms with van der Waals surface area (Å²) in [5, 5.41) is 9.29. The Labute approximate surface area is 179 Å². The maximum absolute atomic E-state index is 13.5. The van der Waals surface area contributed by atoms with Gasteiger partial charge < -0.3 is 4.90 Å². The zero-order valence-corrected chi connectivity index (χ0v) is 17.7. The molecule has 8 heteroatoms. The van der Waals surface area contributed by atoms with Crippen LogP contribution in [-0.4, -0.2) is 48.9 Å². The van der Waals surface area contributed by atoms with Crippen LogP contribution in [0.15, 0.2) is 53.9 Å². The number of piperidine rings is 1. The number of aromatic nitrogens is 4.